The fourth-order valence-corrected chi connectivity index (χ4v) is 3.59. The number of carboxylic acid groups (broad SMARTS) is 1. The lowest BCUT2D eigenvalue weighted by Gasteiger charge is -2.40. The zero-order valence-corrected chi connectivity index (χ0v) is 17.7. The first kappa shape index (κ1) is 23.0. The van der Waals surface area contributed by atoms with Crippen molar-refractivity contribution in [2.24, 2.45) is 5.73 Å². The predicted molar refractivity (Wildman–Crippen MR) is 116 cm³/mol. The van der Waals surface area contributed by atoms with Crippen LogP contribution in [0, 0.1) is 17.5 Å². The Morgan fingerprint density at radius 1 is 1.18 bits per heavy atom. The summed E-state index contributed by atoms with van der Waals surface area (Å²) in [6, 6.07) is 1.18. The number of anilines is 2. The minimum atomic E-state index is -1.63. The first-order valence-corrected chi connectivity index (χ1v) is 10.0. The summed E-state index contributed by atoms with van der Waals surface area (Å²) in [5.41, 5.74) is 8.17. The van der Waals surface area contributed by atoms with Gasteiger partial charge in [-0.2, -0.15) is 0 Å². The van der Waals surface area contributed by atoms with Gasteiger partial charge in [-0.15, -0.1) is 0 Å². The number of hydrogen-bond acceptors (Lipinski definition) is 7. The molecule has 0 bridgehead atoms. The summed E-state index contributed by atoms with van der Waals surface area (Å²) in [4.78, 5) is 41.6. The summed E-state index contributed by atoms with van der Waals surface area (Å²) in [5.74, 6) is -5.28. The Labute approximate surface area is 189 Å². The quantitative estimate of drug-likeness (QED) is 0.393. The van der Waals surface area contributed by atoms with Gasteiger partial charge in [-0.3, -0.25) is 14.2 Å². The van der Waals surface area contributed by atoms with Gasteiger partial charge < -0.3 is 26.8 Å². The third-order valence-electron chi connectivity index (χ3n) is 5.41. The number of halogens is 3. The van der Waals surface area contributed by atoms with Crippen LogP contribution in [0.15, 0.2) is 29.2 Å². The van der Waals surface area contributed by atoms with Gasteiger partial charge in [0.15, 0.2) is 17.3 Å². The van der Waals surface area contributed by atoms with Crippen molar-refractivity contribution in [1.82, 2.24) is 14.9 Å². The number of amides is 1. The number of benzene rings is 1. The number of carbonyl (C=O) groups excluding carboxylic acids is 1. The normalized spacial score (nSPS) is 14.7. The van der Waals surface area contributed by atoms with Crippen molar-refractivity contribution in [3.8, 4) is 5.69 Å². The van der Waals surface area contributed by atoms with Crippen LogP contribution in [0.25, 0.3) is 16.7 Å². The largest absolute Gasteiger partial charge is 0.477 e. The summed E-state index contributed by atoms with van der Waals surface area (Å²) in [6.07, 6.45) is 0.819. The minimum Gasteiger partial charge on any atom is -0.477 e. The summed E-state index contributed by atoms with van der Waals surface area (Å²) in [5, 5.41) is 11.7. The predicted octanol–water partition coefficient (Wildman–Crippen LogP) is 0.735. The van der Waals surface area contributed by atoms with Gasteiger partial charge in [0, 0.05) is 25.4 Å². The minimum absolute atomic E-state index is 0.184. The lowest BCUT2D eigenvalue weighted by molar-refractivity contribution is -0.122. The number of fused-ring (bicyclic) bond motifs is 1. The molecule has 2 aromatic heterocycles. The molecule has 1 atom stereocenters. The lowest BCUT2D eigenvalue weighted by atomic mass is 10.1. The maximum atomic E-state index is 14.9. The van der Waals surface area contributed by atoms with Crippen LogP contribution in [0.2, 0.25) is 0 Å². The molecule has 10 nitrogen and oxygen atoms in total. The number of carboxylic acids is 1. The van der Waals surface area contributed by atoms with E-state index in [2.05, 4.69) is 10.3 Å². The van der Waals surface area contributed by atoms with E-state index in [1.165, 1.54) is 11.8 Å². The maximum absolute atomic E-state index is 14.9. The summed E-state index contributed by atoms with van der Waals surface area (Å²) in [6.45, 7) is 1.88. The van der Waals surface area contributed by atoms with Gasteiger partial charge in [0.25, 0.3) is 0 Å². The number of aromatic nitrogens is 2. The Morgan fingerprint density at radius 2 is 1.85 bits per heavy atom. The molecule has 1 fully saturated rings. The van der Waals surface area contributed by atoms with Crippen LogP contribution in [0.1, 0.15) is 17.3 Å². The van der Waals surface area contributed by atoms with E-state index in [9.17, 15) is 32.7 Å². The first-order valence-electron chi connectivity index (χ1n) is 10.0. The average molecular weight is 476 g/mol. The lowest BCUT2D eigenvalue weighted by Crippen LogP contribution is -2.61. The highest BCUT2D eigenvalue weighted by Gasteiger charge is 2.32. The van der Waals surface area contributed by atoms with Crippen LogP contribution in [-0.2, 0) is 4.79 Å². The number of nitrogens with one attached hydrogen (secondary N) is 1. The first-order chi connectivity index (χ1) is 16.0. The summed E-state index contributed by atoms with van der Waals surface area (Å²) < 4.78 is 44.1. The smallest absolute Gasteiger partial charge is 0.341 e. The van der Waals surface area contributed by atoms with Crippen LogP contribution >= 0.6 is 0 Å². The van der Waals surface area contributed by atoms with E-state index in [1.807, 2.05) is 0 Å². The molecule has 0 unspecified atom stereocenters. The third-order valence-corrected chi connectivity index (χ3v) is 5.41. The SMILES string of the molecule is C[C@@H](N)C(=O)NC1CN(c2nc3c(cc2F)c(=O)c(C(=O)O)cn3-c2cc(N)c(F)cc2F)C1. The monoisotopic (exact) mass is 476 g/mol. The Kier molecular flexibility index (Phi) is 5.65. The Morgan fingerprint density at radius 3 is 2.47 bits per heavy atom. The Balaban J connectivity index is 1.85. The van der Waals surface area contributed by atoms with E-state index in [-0.39, 0.29) is 42.2 Å². The molecule has 3 aromatic rings. The zero-order chi connectivity index (χ0) is 24.9. The molecule has 1 amide bonds. The van der Waals surface area contributed by atoms with E-state index in [1.54, 1.807) is 0 Å². The average Bonchev–Trinajstić information content (AvgIpc) is 2.73. The van der Waals surface area contributed by atoms with Gasteiger partial charge in [0.2, 0.25) is 11.3 Å². The van der Waals surface area contributed by atoms with Crippen LogP contribution < -0.4 is 27.1 Å². The van der Waals surface area contributed by atoms with E-state index in [0.29, 0.717) is 6.07 Å². The molecular formula is C21H19F3N6O4. The van der Waals surface area contributed by atoms with Crippen molar-refractivity contribution in [1.29, 1.82) is 0 Å². The van der Waals surface area contributed by atoms with Gasteiger partial charge in [0.05, 0.1) is 28.8 Å². The molecule has 0 aliphatic carbocycles. The van der Waals surface area contributed by atoms with Gasteiger partial charge in [0.1, 0.15) is 17.2 Å². The Hall–Kier alpha value is -4.13. The van der Waals surface area contributed by atoms with Crippen molar-refractivity contribution >= 4 is 34.4 Å². The van der Waals surface area contributed by atoms with Gasteiger partial charge in [-0.05, 0) is 19.1 Å². The molecule has 0 radical (unpaired) electrons. The van der Waals surface area contributed by atoms with E-state index < -0.39 is 51.5 Å². The van der Waals surface area contributed by atoms with Crippen molar-refractivity contribution in [2.45, 2.75) is 19.0 Å². The van der Waals surface area contributed by atoms with E-state index in [0.717, 1.165) is 22.9 Å². The fourth-order valence-electron chi connectivity index (χ4n) is 3.59. The number of rotatable bonds is 5. The van der Waals surface area contributed by atoms with Crippen LogP contribution in [0.5, 0.6) is 0 Å². The van der Waals surface area contributed by atoms with Gasteiger partial charge in [-0.1, -0.05) is 0 Å². The molecule has 13 heteroatoms. The summed E-state index contributed by atoms with van der Waals surface area (Å²) >= 11 is 0. The molecular weight excluding hydrogens is 457 g/mol. The fraction of sp³-hybridized carbons (Fsp3) is 0.238. The molecule has 0 spiro atoms. The number of nitrogens with two attached hydrogens (primary N) is 2. The van der Waals surface area contributed by atoms with Crippen molar-refractivity contribution in [3.63, 3.8) is 0 Å². The number of aromatic carboxylic acids is 1. The van der Waals surface area contributed by atoms with Gasteiger partial charge >= 0.3 is 5.97 Å². The molecule has 3 heterocycles. The highest BCUT2D eigenvalue weighted by atomic mass is 19.1. The van der Waals surface area contributed by atoms with E-state index >= 15 is 0 Å². The van der Waals surface area contributed by atoms with E-state index in [4.69, 9.17) is 11.5 Å². The molecule has 1 saturated heterocycles. The second kappa shape index (κ2) is 8.33. The third kappa shape index (κ3) is 3.90. The molecule has 4 rings (SSSR count). The Bertz CT molecular complexity index is 1400. The number of hydrogen-bond donors (Lipinski definition) is 4. The molecule has 178 valence electrons. The molecule has 34 heavy (non-hydrogen) atoms. The highest BCUT2D eigenvalue weighted by molar-refractivity contribution is 5.92. The highest BCUT2D eigenvalue weighted by Crippen LogP contribution is 2.28. The van der Waals surface area contributed by atoms with Crippen molar-refractivity contribution < 1.29 is 27.9 Å². The van der Waals surface area contributed by atoms with Crippen LogP contribution in [0.3, 0.4) is 0 Å². The standard InChI is InChI=1S/C21H19F3N6O4/c1-8(25)20(32)27-9-5-29(6-9)19-14(24)2-10-17(31)11(21(33)34)7-30(18(10)28-19)16-4-15(26)12(22)3-13(16)23/h2-4,7-9H,5-6,25-26H2,1H3,(H,27,32)(H,33,34)/t8-/m1/s1. The second-order valence-electron chi connectivity index (χ2n) is 7.94. The zero-order valence-electron chi connectivity index (χ0n) is 17.7. The van der Waals surface area contributed by atoms with Crippen LogP contribution in [0.4, 0.5) is 24.7 Å². The molecule has 1 aromatic carbocycles. The molecule has 6 N–H and O–H groups in total. The number of nitrogen functional groups attached to an aromatic ring is 1. The molecule has 1 aliphatic heterocycles. The molecule has 0 saturated carbocycles. The summed E-state index contributed by atoms with van der Waals surface area (Å²) in [7, 11) is 0. The number of pyridine rings is 2. The second-order valence-corrected chi connectivity index (χ2v) is 7.94. The van der Waals surface area contributed by atoms with Crippen molar-refractivity contribution in [2.75, 3.05) is 23.7 Å². The van der Waals surface area contributed by atoms with Crippen LogP contribution in [-0.4, -0.2) is 51.7 Å². The van der Waals surface area contributed by atoms with Gasteiger partial charge in [-0.25, -0.2) is 22.9 Å². The number of nitrogens with zero attached hydrogens (tertiary/aromatic N) is 3. The van der Waals surface area contributed by atoms with Crippen molar-refractivity contribution in [3.05, 3.63) is 57.6 Å². The number of carbonyl (C=O) groups is 2. The molecule has 1 aliphatic rings. The topological polar surface area (TPSA) is 157 Å². The maximum Gasteiger partial charge on any atom is 0.341 e.